The molecule has 0 saturated heterocycles. The van der Waals surface area contributed by atoms with E-state index in [4.69, 9.17) is 20.8 Å². The number of ether oxygens (including phenoxy) is 1. The highest BCUT2D eigenvalue weighted by Gasteiger charge is 2.20. The van der Waals surface area contributed by atoms with Crippen LogP contribution in [0.5, 0.6) is 5.75 Å². The second-order valence-corrected chi connectivity index (χ2v) is 4.54. The van der Waals surface area contributed by atoms with Gasteiger partial charge in [-0.15, -0.1) is 5.10 Å². The molecule has 3 rings (SSSR count). The van der Waals surface area contributed by atoms with Crippen LogP contribution in [0.3, 0.4) is 0 Å². The van der Waals surface area contributed by atoms with Crippen molar-refractivity contribution in [3.63, 3.8) is 0 Å². The molecule has 0 unspecified atom stereocenters. The molecule has 0 aliphatic rings. The molecular weight excluding hydrogens is 292 g/mol. The van der Waals surface area contributed by atoms with Gasteiger partial charge >= 0.3 is 0 Å². The molecule has 0 aliphatic carbocycles. The summed E-state index contributed by atoms with van der Waals surface area (Å²) in [5, 5.41) is 17.6. The molecule has 0 N–H and O–H groups in total. The van der Waals surface area contributed by atoms with Crippen molar-refractivity contribution < 1.29 is 9.15 Å². The van der Waals surface area contributed by atoms with E-state index in [0.29, 0.717) is 27.9 Å². The first-order chi connectivity index (χ1) is 10.2. The van der Waals surface area contributed by atoms with Crippen LogP contribution in [0.15, 0.2) is 41.0 Å². The lowest BCUT2D eigenvalue weighted by Crippen LogP contribution is -2.02. The molecule has 3 aromatic rings. The van der Waals surface area contributed by atoms with Crippen LogP contribution < -0.4 is 4.74 Å². The van der Waals surface area contributed by atoms with Crippen molar-refractivity contribution in [1.29, 1.82) is 5.26 Å². The lowest BCUT2D eigenvalue weighted by molar-refractivity contribution is 0.411. The van der Waals surface area contributed by atoms with E-state index in [1.807, 2.05) is 6.07 Å². The second kappa shape index (κ2) is 5.31. The summed E-state index contributed by atoms with van der Waals surface area (Å²) in [5.74, 6) is 1.04. The zero-order valence-corrected chi connectivity index (χ0v) is 11.7. The molecule has 21 heavy (non-hydrogen) atoms. The predicted molar refractivity (Wildman–Crippen MR) is 75.3 cm³/mol. The van der Waals surface area contributed by atoms with Crippen LogP contribution in [0.1, 0.15) is 5.69 Å². The molecule has 0 bridgehead atoms. The number of aromatic nitrogens is 3. The van der Waals surface area contributed by atoms with Crippen molar-refractivity contribution in [2.24, 2.45) is 0 Å². The molecule has 0 aliphatic heterocycles. The third-order valence-electron chi connectivity index (χ3n) is 2.90. The van der Waals surface area contributed by atoms with E-state index >= 15 is 0 Å². The van der Waals surface area contributed by atoms with Gasteiger partial charge in [0.25, 0.3) is 0 Å². The van der Waals surface area contributed by atoms with Crippen molar-refractivity contribution in [2.75, 3.05) is 7.11 Å². The summed E-state index contributed by atoms with van der Waals surface area (Å²) >= 11 is 6.04. The van der Waals surface area contributed by atoms with E-state index in [0.717, 1.165) is 0 Å². The molecule has 0 saturated carbocycles. The van der Waals surface area contributed by atoms with E-state index in [1.165, 1.54) is 10.9 Å². The number of furan rings is 1. The van der Waals surface area contributed by atoms with Crippen LogP contribution in [0.25, 0.3) is 17.1 Å². The summed E-state index contributed by atoms with van der Waals surface area (Å²) in [6, 6.07) is 10.6. The SMILES string of the molecule is COc1ccc(Cl)cc1-n1nnc(C#N)c1-c1ccco1. The molecule has 6 nitrogen and oxygen atoms in total. The van der Waals surface area contributed by atoms with Crippen LogP contribution in [-0.2, 0) is 0 Å². The highest BCUT2D eigenvalue weighted by molar-refractivity contribution is 6.30. The summed E-state index contributed by atoms with van der Waals surface area (Å²) < 4.78 is 12.1. The topological polar surface area (TPSA) is 76.9 Å². The van der Waals surface area contributed by atoms with Crippen molar-refractivity contribution in [1.82, 2.24) is 15.0 Å². The van der Waals surface area contributed by atoms with E-state index < -0.39 is 0 Å². The molecule has 0 amide bonds. The summed E-state index contributed by atoms with van der Waals surface area (Å²) in [6.45, 7) is 0. The maximum absolute atomic E-state index is 9.19. The Balaban J connectivity index is 2.28. The van der Waals surface area contributed by atoms with Crippen molar-refractivity contribution in [3.8, 4) is 29.0 Å². The van der Waals surface area contributed by atoms with Gasteiger partial charge in [-0.05, 0) is 30.3 Å². The minimum atomic E-state index is 0.159. The van der Waals surface area contributed by atoms with Gasteiger partial charge in [0.2, 0.25) is 0 Å². The van der Waals surface area contributed by atoms with Gasteiger partial charge in [0.1, 0.15) is 23.2 Å². The molecule has 104 valence electrons. The van der Waals surface area contributed by atoms with Gasteiger partial charge < -0.3 is 9.15 Å². The van der Waals surface area contributed by atoms with Crippen LogP contribution >= 0.6 is 11.6 Å². The van der Waals surface area contributed by atoms with Gasteiger partial charge in [-0.25, -0.2) is 4.68 Å². The fourth-order valence-corrected chi connectivity index (χ4v) is 2.16. The van der Waals surface area contributed by atoms with Crippen LogP contribution in [-0.4, -0.2) is 22.1 Å². The first-order valence-corrected chi connectivity index (χ1v) is 6.36. The first-order valence-electron chi connectivity index (χ1n) is 5.98. The van der Waals surface area contributed by atoms with Crippen LogP contribution in [0.2, 0.25) is 5.02 Å². The largest absolute Gasteiger partial charge is 0.494 e. The average Bonchev–Trinajstić information content (AvgIpc) is 3.15. The highest BCUT2D eigenvalue weighted by atomic mass is 35.5. The summed E-state index contributed by atoms with van der Waals surface area (Å²) in [4.78, 5) is 0. The van der Waals surface area contributed by atoms with Gasteiger partial charge in [0.15, 0.2) is 11.5 Å². The number of halogens is 1. The minimum absolute atomic E-state index is 0.159. The number of methoxy groups -OCH3 is 1. The third-order valence-corrected chi connectivity index (χ3v) is 3.13. The maximum Gasteiger partial charge on any atom is 0.194 e. The van der Waals surface area contributed by atoms with E-state index in [-0.39, 0.29) is 5.69 Å². The Morgan fingerprint density at radius 1 is 1.38 bits per heavy atom. The molecule has 0 atom stereocenters. The van der Waals surface area contributed by atoms with E-state index in [9.17, 15) is 5.26 Å². The van der Waals surface area contributed by atoms with Gasteiger partial charge in [0.05, 0.1) is 13.4 Å². The molecule has 0 radical (unpaired) electrons. The van der Waals surface area contributed by atoms with Crippen LogP contribution in [0, 0.1) is 11.3 Å². The monoisotopic (exact) mass is 300 g/mol. The van der Waals surface area contributed by atoms with Crippen LogP contribution in [0.4, 0.5) is 0 Å². The molecule has 2 aromatic heterocycles. The number of hydrogen-bond donors (Lipinski definition) is 0. The van der Waals surface area contributed by atoms with Gasteiger partial charge in [-0.1, -0.05) is 16.8 Å². The Kier molecular flexibility index (Phi) is 3.34. The summed E-state index contributed by atoms with van der Waals surface area (Å²) in [5.41, 5.74) is 1.18. The number of hydrogen-bond acceptors (Lipinski definition) is 5. The third kappa shape index (κ3) is 2.24. The summed E-state index contributed by atoms with van der Waals surface area (Å²) in [6.07, 6.45) is 1.52. The van der Waals surface area contributed by atoms with E-state index in [1.54, 1.807) is 37.4 Å². The van der Waals surface area contributed by atoms with Gasteiger partial charge in [-0.3, -0.25) is 0 Å². The average molecular weight is 301 g/mol. The second-order valence-electron chi connectivity index (χ2n) is 4.10. The predicted octanol–water partition coefficient (Wildman–Crippen LogP) is 3.06. The Bertz CT molecular complexity index is 818. The fourth-order valence-electron chi connectivity index (χ4n) is 1.99. The lowest BCUT2D eigenvalue weighted by atomic mass is 10.2. The maximum atomic E-state index is 9.19. The van der Waals surface area contributed by atoms with Crippen molar-refractivity contribution >= 4 is 11.6 Å². The molecule has 1 aromatic carbocycles. The number of nitrogens with zero attached hydrogens (tertiary/aromatic N) is 4. The smallest absolute Gasteiger partial charge is 0.194 e. The Hall–Kier alpha value is -2.78. The molecular formula is C14H9ClN4O2. The highest BCUT2D eigenvalue weighted by Crippen LogP contribution is 2.31. The summed E-state index contributed by atoms with van der Waals surface area (Å²) in [7, 11) is 1.54. The Morgan fingerprint density at radius 3 is 2.90 bits per heavy atom. The van der Waals surface area contributed by atoms with Gasteiger partial charge in [0, 0.05) is 5.02 Å². The fraction of sp³-hybridized carbons (Fsp3) is 0.0714. The minimum Gasteiger partial charge on any atom is -0.494 e. The zero-order chi connectivity index (χ0) is 14.8. The van der Waals surface area contributed by atoms with Crippen molar-refractivity contribution in [2.45, 2.75) is 0 Å². The lowest BCUT2D eigenvalue weighted by Gasteiger charge is -2.10. The Morgan fingerprint density at radius 2 is 2.24 bits per heavy atom. The standard InChI is InChI=1S/C14H9ClN4O2/c1-20-12-5-4-9(15)7-11(12)19-14(10(8-16)17-18-19)13-3-2-6-21-13/h2-7H,1H3. The van der Waals surface area contributed by atoms with Crippen molar-refractivity contribution in [3.05, 3.63) is 47.3 Å². The molecule has 0 fully saturated rings. The molecule has 2 heterocycles. The number of rotatable bonds is 3. The zero-order valence-electron chi connectivity index (χ0n) is 10.9. The molecule has 7 heteroatoms. The normalized spacial score (nSPS) is 10.3. The molecule has 0 spiro atoms. The number of benzene rings is 1. The van der Waals surface area contributed by atoms with E-state index in [2.05, 4.69) is 10.3 Å². The van der Waals surface area contributed by atoms with Gasteiger partial charge in [-0.2, -0.15) is 5.26 Å². The number of nitriles is 1. The first kappa shape index (κ1) is 13.2. The Labute approximate surface area is 125 Å². The quantitative estimate of drug-likeness (QED) is 0.743.